The summed E-state index contributed by atoms with van der Waals surface area (Å²) in [6, 6.07) is 12.2. The highest BCUT2D eigenvalue weighted by Gasteiger charge is 2.34. The number of sulfonamides is 1. The van der Waals surface area contributed by atoms with Gasteiger partial charge in [-0.25, -0.2) is 8.42 Å². The van der Waals surface area contributed by atoms with Gasteiger partial charge in [-0.3, -0.25) is 9.52 Å². The van der Waals surface area contributed by atoms with Crippen LogP contribution in [0.4, 0.5) is 5.69 Å². The number of rotatable bonds is 4. The molecule has 2 N–H and O–H groups in total. The minimum absolute atomic E-state index is 0.192. The highest BCUT2D eigenvalue weighted by molar-refractivity contribution is 7.92. The molecule has 1 amide bonds. The Morgan fingerprint density at radius 3 is 2.63 bits per heavy atom. The van der Waals surface area contributed by atoms with E-state index in [0.717, 1.165) is 23.1 Å². The summed E-state index contributed by atoms with van der Waals surface area (Å²) < 4.78 is 31.3. The number of fused-ring (bicyclic) bond motifs is 1. The Hall–Kier alpha value is -2.54. The Kier molecular flexibility index (Phi) is 4.90. The largest absolute Gasteiger partial charge is 0.487 e. The van der Waals surface area contributed by atoms with Crippen molar-refractivity contribution >= 4 is 21.6 Å². The van der Waals surface area contributed by atoms with E-state index in [4.69, 9.17) is 4.74 Å². The predicted octanol–water partition coefficient (Wildman–Crippen LogP) is 3.40. The lowest BCUT2D eigenvalue weighted by Gasteiger charge is -2.38. The Balaban J connectivity index is 1.86. The summed E-state index contributed by atoms with van der Waals surface area (Å²) in [5, 5.41) is 3.07. The molecule has 27 heavy (non-hydrogen) atoms. The SMILES string of the molecule is Cc1ccc2c(c1)[C@@H](NC(=O)c1cccc(NS(C)(=O)=O)c1)CC(C)(C)O2. The molecule has 1 heterocycles. The van der Waals surface area contributed by atoms with Gasteiger partial charge in [-0.15, -0.1) is 0 Å². The first-order valence-electron chi connectivity index (χ1n) is 8.71. The fraction of sp³-hybridized carbons (Fsp3) is 0.350. The van der Waals surface area contributed by atoms with Crippen LogP contribution in [0.5, 0.6) is 5.75 Å². The molecule has 0 fully saturated rings. The van der Waals surface area contributed by atoms with Crippen molar-refractivity contribution in [2.45, 2.75) is 38.8 Å². The molecule has 0 aliphatic carbocycles. The number of anilines is 1. The van der Waals surface area contributed by atoms with Gasteiger partial charge in [-0.1, -0.05) is 23.8 Å². The number of benzene rings is 2. The highest BCUT2D eigenvalue weighted by atomic mass is 32.2. The molecule has 0 saturated carbocycles. The standard InChI is InChI=1S/C20H24N2O4S/c1-13-8-9-18-16(10-13)17(12-20(2,3)26-18)21-19(23)14-6-5-7-15(11-14)22-27(4,24)25/h5-11,17,22H,12H2,1-4H3,(H,21,23)/t17-/m0/s1. The molecule has 0 radical (unpaired) electrons. The maximum atomic E-state index is 12.8. The van der Waals surface area contributed by atoms with E-state index in [-0.39, 0.29) is 11.9 Å². The zero-order chi connectivity index (χ0) is 19.8. The van der Waals surface area contributed by atoms with E-state index in [0.29, 0.717) is 17.7 Å². The molecule has 0 aromatic heterocycles. The Labute approximate surface area is 160 Å². The van der Waals surface area contributed by atoms with Gasteiger partial charge >= 0.3 is 0 Å². The van der Waals surface area contributed by atoms with Crippen LogP contribution in [0.1, 0.15) is 47.8 Å². The molecule has 144 valence electrons. The lowest BCUT2D eigenvalue weighted by Crippen LogP contribution is -2.41. The molecule has 1 aliphatic heterocycles. The van der Waals surface area contributed by atoms with Crippen molar-refractivity contribution in [3.63, 3.8) is 0 Å². The number of carbonyl (C=O) groups excluding carboxylic acids is 1. The number of carbonyl (C=O) groups is 1. The number of ether oxygens (including phenoxy) is 1. The topological polar surface area (TPSA) is 84.5 Å². The van der Waals surface area contributed by atoms with Crippen LogP contribution in [0.25, 0.3) is 0 Å². The molecule has 6 nitrogen and oxygen atoms in total. The van der Waals surface area contributed by atoms with E-state index in [1.54, 1.807) is 18.2 Å². The Bertz CT molecular complexity index is 983. The summed E-state index contributed by atoms with van der Waals surface area (Å²) >= 11 is 0. The van der Waals surface area contributed by atoms with Crippen molar-refractivity contribution in [3.8, 4) is 5.75 Å². The van der Waals surface area contributed by atoms with Crippen LogP contribution in [0, 0.1) is 6.92 Å². The van der Waals surface area contributed by atoms with Crippen molar-refractivity contribution in [2.75, 3.05) is 11.0 Å². The van der Waals surface area contributed by atoms with E-state index < -0.39 is 15.6 Å². The van der Waals surface area contributed by atoms with Crippen LogP contribution in [-0.2, 0) is 10.0 Å². The molecular weight excluding hydrogens is 364 g/mol. The third-order valence-corrected chi connectivity index (χ3v) is 4.96. The highest BCUT2D eigenvalue weighted by Crippen LogP contribution is 2.40. The quantitative estimate of drug-likeness (QED) is 0.841. The minimum atomic E-state index is -3.41. The number of hydrogen-bond acceptors (Lipinski definition) is 4. The van der Waals surface area contributed by atoms with E-state index in [2.05, 4.69) is 10.0 Å². The van der Waals surface area contributed by atoms with E-state index in [1.807, 2.05) is 39.0 Å². The van der Waals surface area contributed by atoms with Gasteiger partial charge < -0.3 is 10.1 Å². The van der Waals surface area contributed by atoms with E-state index in [9.17, 15) is 13.2 Å². The van der Waals surface area contributed by atoms with Crippen LogP contribution in [-0.4, -0.2) is 26.2 Å². The normalized spacial score (nSPS) is 18.1. The molecule has 2 aromatic rings. The first-order chi connectivity index (χ1) is 12.5. The Morgan fingerprint density at radius 1 is 1.19 bits per heavy atom. The second-order valence-corrected chi connectivity index (χ2v) is 9.34. The van der Waals surface area contributed by atoms with Crippen molar-refractivity contribution in [1.29, 1.82) is 0 Å². The zero-order valence-electron chi connectivity index (χ0n) is 15.9. The summed E-state index contributed by atoms with van der Waals surface area (Å²) in [6.07, 6.45) is 1.71. The maximum absolute atomic E-state index is 12.8. The molecule has 0 unspecified atom stereocenters. The molecule has 1 aliphatic rings. The first kappa shape index (κ1) is 19.2. The van der Waals surface area contributed by atoms with Crippen molar-refractivity contribution in [1.82, 2.24) is 5.32 Å². The fourth-order valence-electron chi connectivity index (χ4n) is 3.28. The number of nitrogens with one attached hydrogen (secondary N) is 2. The van der Waals surface area contributed by atoms with Gasteiger partial charge in [0.15, 0.2) is 0 Å². The van der Waals surface area contributed by atoms with Gasteiger partial charge in [0.2, 0.25) is 10.0 Å². The van der Waals surface area contributed by atoms with Crippen LogP contribution < -0.4 is 14.8 Å². The predicted molar refractivity (Wildman–Crippen MR) is 106 cm³/mol. The van der Waals surface area contributed by atoms with Crippen LogP contribution >= 0.6 is 0 Å². The second kappa shape index (κ2) is 6.88. The molecule has 0 bridgehead atoms. The average Bonchev–Trinajstić information content (AvgIpc) is 2.53. The van der Waals surface area contributed by atoms with E-state index in [1.165, 1.54) is 6.07 Å². The molecule has 2 aromatic carbocycles. The van der Waals surface area contributed by atoms with Gasteiger partial charge in [-0.05, 0) is 45.0 Å². The number of hydrogen-bond donors (Lipinski definition) is 2. The van der Waals surface area contributed by atoms with Crippen LogP contribution in [0.2, 0.25) is 0 Å². The minimum Gasteiger partial charge on any atom is -0.487 e. The summed E-state index contributed by atoms with van der Waals surface area (Å²) in [4.78, 5) is 12.8. The van der Waals surface area contributed by atoms with Crippen LogP contribution in [0.3, 0.4) is 0 Å². The second-order valence-electron chi connectivity index (χ2n) is 7.59. The molecule has 0 saturated heterocycles. The third-order valence-electron chi connectivity index (χ3n) is 4.36. The molecule has 1 atom stereocenters. The molecule has 7 heteroatoms. The Morgan fingerprint density at radius 2 is 1.93 bits per heavy atom. The first-order valence-corrected chi connectivity index (χ1v) is 10.6. The monoisotopic (exact) mass is 388 g/mol. The van der Waals surface area contributed by atoms with Gasteiger partial charge in [0.25, 0.3) is 5.91 Å². The lowest BCUT2D eigenvalue weighted by molar-refractivity contribution is 0.0619. The van der Waals surface area contributed by atoms with Gasteiger partial charge in [-0.2, -0.15) is 0 Å². The number of amides is 1. The van der Waals surface area contributed by atoms with Gasteiger partial charge in [0, 0.05) is 23.2 Å². The molecule has 0 spiro atoms. The van der Waals surface area contributed by atoms with Crippen molar-refractivity contribution in [2.24, 2.45) is 0 Å². The summed E-state index contributed by atoms with van der Waals surface area (Å²) in [6.45, 7) is 5.98. The average molecular weight is 388 g/mol. The smallest absolute Gasteiger partial charge is 0.251 e. The molecular formula is C20H24N2O4S. The van der Waals surface area contributed by atoms with E-state index >= 15 is 0 Å². The third kappa shape index (κ3) is 4.80. The summed E-state index contributed by atoms with van der Waals surface area (Å²) in [7, 11) is -3.41. The summed E-state index contributed by atoms with van der Waals surface area (Å²) in [5.41, 5.74) is 2.39. The molecule has 3 rings (SSSR count). The summed E-state index contributed by atoms with van der Waals surface area (Å²) in [5.74, 6) is 0.511. The lowest BCUT2D eigenvalue weighted by atomic mass is 9.88. The maximum Gasteiger partial charge on any atom is 0.251 e. The number of aryl methyl sites for hydroxylation is 1. The van der Waals surface area contributed by atoms with Gasteiger partial charge in [0.1, 0.15) is 11.4 Å². The zero-order valence-corrected chi connectivity index (χ0v) is 16.7. The van der Waals surface area contributed by atoms with Gasteiger partial charge in [0.05, 0.1) is 12.3 Å². The van der Waals surface area contributed by atoms with Crippen molar-refractivity contribution in [3.05, 3.63) is 59.2 Å². The van der Waals surface area contributed by atoms with Crippen molar-refractivity contribution < 1.29 is 17.9 Å². The fourth-order valence-corrected chi connectivity index (χ4v) is 3.84. The van der Waals surface area contributed by atoms with Crippen LogP contribution in [0.15, 0.2) is 42.5 Å².